The first-order valence-electron chi connectivity index (χ1n) is 4.17. The molecule has 0 atom stereocenters. The van der Waals surface area contributed by atoms with Crippen molar-refractivity contribution in [3.05, 3.63) is 24.7 Å². The van der Waals surface area contributed by atoms with Gasteiger partial charge in [-0.2, -0.15) is 0 Å². The number of fused-ring (bicyclic) bond motifs is 1. The van der Waals surface area contributed by atoms with Gasteiger partial charge in [-0.05, 0) is 18.6 Å². The predicted molar refractivity (Wildman–Crippen MR) is 47.8 cm³/mol. The first kappa shape index (κ1) is 7.28. The van der Waals surface area contributed by atoms with Crippen LogP contribution in [-0.4, -0.2) is 14.5 Å². The van der Waals surface area contributed by atoms with Gasteiger partial charge < -0.3 is 4.57 Å². The lowest BCUT2D eigenvalue weighted by Crippen LogP contribution is -1.93. The van der Waals surface area contributed by atoms with Gasteiger partial charge in [0.2, 0.25) is 0 Å². The molecule has 12 heavy (non-hydrogen) atoms. The molecule has 0 saturated carbocycles. The quantitative estimate of drug-likeness (QED) is 0.672. The molecule has 2 heterocycles. The molecule has 0 radical (unpaired) electrons. The minimum Gasteiger partial charge on any atom is -0.329 e. The van der Waals surface area contributed by atoms with Crippen LogP contribution in [0.4, 0.5) is 0 Å². The van der Waals surface area contributed by atoms with E-state index in [1.807, 2.05) is 18.5 Å². The van der Waals surface area contributed by atoms with Crippen LogP contribution in [0.1, 0.15) is 13.3 Å². The molecule has 0 saturated heterocycles. The lowest BCUT2D eigenvalue weighted by Gasteiger charge is -1.98. The highest BCUT2D eigenvalue weighted by atomic mass is 15.1. The first-order chi connectivity index (χ1) is 5.92. The van der Waals surface area contributed by atoms with Crippen molar-refractivity contribution in [2.75, 3.05) is 0 Å². The van der Waals surface area contributed by atoms with Gasteiger partial charge in [-0.25, -0.2) is 9.97 Å². The van der Waals surface area contributed by atoms with Gasteiger partial charge in [-0.3, -0.25) is 0 Å². The van der Waals surface area contributed by atoms with Crippen LogP contribution in [0.5, 0.6) is 0 Å². The second-order valence-corrected chi connectivity index (χ2v) is 2.78. The second-order valence-electron chi connectivity index (χ2n) is 2.78. The summed E-state index contributed by atoms with van der Waals surface area (Å²) >= 11 is 0. The van der Waals surface area contributed by atoms with Gasteiger partial charge in [0.1, 0.15) is 0 Å². The number of imidazole rings is 1. The summed E-state index contributed by atoms with van der Waals surface area (Å²) in [5.41, 5.74) is 1.96. The number of nitrogens with zero attached hydrogens (tertiary/aromatic N) is 3. The van der Waals surface area contributed by atoms with Crippen molar-refractivity contribution in [3.63, 3.8) is 0 Å². The molecule has 0 aliphatic heterocycles. The molecule has 0 amide bonds. The van der Waals surface area contributed by atoms with E-state index >= 15 is 0 Å². The number of pyridine rings is 1. The summed E-state index contributed by atoms with van der Waals surface area (Å²) < 4.78 is 2.13. The molecular weight excluding hydrogens is 150 g/mol. The van der Waals surface area contributed by atoms with Crippen molar-refractivity contribution in [1.29, 1.82) is 0 Å². The zero-order chi connectivity index (χ0) is 8.39. The van der Waals surface area contributed by atoms with Gasteiger partial charge in [-0.15, -0.1) is 0 Å². The largest absolute Gasteiger partial charge is 0.329 e. The molecule has 0 aliphatic carbocycles. The SMILES string of the molecule is CCCn1cnc2ncccc21. The highest BCUT2D eigenvalue weighted by molar-refractivity contribution is 5.70. The Morgan fingerprint density at radius 1 is 1.42 bits per heavy atom. The summed E-state index contributed by atoms with van der Waals surface area (Å²) in [6, 6.07) is 3.99. The lowest BCUT2D eigenvalue weighted by molar-refractivity contribution is 0.697. The van der Waals surface area contributed by atoms with E-state index in [0.29, 0.717) is 0 Å². The van der Waals surface area contributed by atoms with Gasteiger partial charge in [-0.1, -0.05) is 6.92 Å². The summed E-state index contributed by atoms with van der Waals surface area (Å²) in [5.74, 6) is 0. The lowest BCUT2D eigenvalue weighted by atomic mass is 10.4. The third-order valence-electron chi connectivity index (χ3n) is 1.86. The Morgan fingerprint density at radius 3 is 3.17 bits per heavy atom. The standard InChI is InChI=1S/C9H11N3/c1-2-6-12-7-11-9-8(12)4-3-5-10-9/h3-5,7H,2,6H2,1H3. The topological polar surface area (TPSA) is 30.7 Å². The molecule has 0 fully saturated rings. The fraction of sp³-hybridized carbons (Fsp3) is 0.333. The Labute approximate surface area is 71.1 Å². The molecule has 0 aliphatic rings. The van der Waals surface area contributed by atoms with E-state index in [1.54, 1.807) is 6.20 Å². The number of hydrogen-bond donors (Lipinski definition) is 0. The molecule has 2 aromatic rings. The van der Waals surface area contributed by atoms with Crippen molar-refractivity contribution in [2.24, 2.45) is 0 Å². The number of aryl methyl sites for hydroxylation is 1. The van der Waals surface area contributed by atoms with E-state index in [4.69, 9.17) is 0 Å². The van der Waals surface area contributed by atoms with E-state index in [2.05, 4.69) is 21.5 Å². The fourth-order valence-electron chi connectivity index (χ4n) is 1.32. The Bertz CT molecular complexity index is 378. The Balaban J connectivity index is 2.55. The minimum absolute atomic E-state index is 0.839. The molecule has 0 spiro atoms. The van der Waals surface area contributed by atoms with Crippen LogP contribution >= 0.6 is 0 Å². The maximum atomic E-state index is 4.19. The third kappa shape index (κ3) is 1.07. The molecule has 3 nitrogen and oxygen atoms in total. The number of aromatic nitrogens is 3. The Hall–Kier alpha value is -1.38. The van der Waals surface area contributed by atoms with Crippen LogP contribution in [0.25, 0.3) is 11.2 Å². The first-order valence-corrected chi connectivity index (χ1v) is 4.17. The second kappa shape index (κ2) is 2.93. The highest BCUT2D eigenvalue weighted by Crippen LogP contribution is 2.08. The summed E-state index contributed by atoms with van der Waals surface area (Å²) in [5, 5.41) is 0. The van der Waals surface area contributed by atoms with Crippen molar-refractivity contribution in [3.8, 4) is 0 Å². The molecule has 3 heteroatoms. The molecule has 62 valence electrons. The van der Waals surface area contributed by atoms with Crippen LogP contribution in [0.2, 0.25) is 0 Å². The third-order valence-corrected chi connectivity index (χ3v) is 1.86. The maximum absolute atomic E-state index is 4.19. The van der Waals surface area contributed by atoms with Crippen LogP contribution in [-0.2, 0) is 6.54 Å². The Morgan fingerprint density at radius 2 is 2.33 bits per heavy atom. The summed E-state index contributed by atoms with van der Waals surface area (Å²) in [6.45, 7) is 3.17. The molecule has 0 unspecified atom stereocenters. The van der Waals surface area contributed by atoms with E-state index in [1.165, 1.54) is 0 Å². The average molecular weight is 161 g/mol. The van der Waals surface area contributed by atoms with Crippen molar-refractivity contribution in [1.82, 2.24) is 14.5 Å². The molecule has 0 bridgehead atoms. The summed E-state index contributed by atoms with van der Waals surface area (Å²) in [4.78, 5) is 8.34. The fourth-order valence-corrected chi connectivity index (χ4v) is 1.32. The van der Waals surface area contributed by atoms with Crippen LogP contribution in [0.3, 0.4) is 0 Å². The van der Waals surface area contributed by atoms with Gasteiger partial charge in [0.15, 0.2) is 5.65 Å². The molecule has 0 N–H and O–H groups in total. The number of rotatable bonds is 2. The smallest absolute Gasteiger partial charge is 0.177 e. The molecule has 2 aromatic heterocycles. The van der Waals surface area contributed by atoms with Crippen LogP contribution < -0.4 is 0 Å². The van der Waals surface area contributed by atoms with Crippen molar-refractivity contribution < 1.29 is 0 Å². The predicted octanol–water partition coefficient (Wildman–Crippen LogP) is 1.84. The minimum atomic E-state index is 0.839. The van der Waals surface area contributed by atoms with Gasteiger partial charge in [0, 0.05) is 12.7 Å². The normalized spacial score (nSPS) is 10.8. The van der Waals surface area contributed by atoms with Crippen LogP contribution in [0, 0.1) is 0 Å². The monoisotopic (exact) mass is 161 g/mol. The van der Waals surface area contributed by atoms with Gasteiger partial charge >= 0.3 is 0 Å². The maximum Gasteiger partial charge on any atom is 0.177 e. The van der Waals surface area contributed by atoms with E-state index in [9.17, 15) is 0 Å². The zero-order valence-electron chi connectivity index (χ0n) is 7.07. The number of hydrogen-bond acceptors (Lipinski definition) is 2. The molecule has 0 aromatic carbocycles. The molecule has 2 rings (SSSR count). The van der Waals surface area contributed by atoms with Gasteiger partial charge in [0.05, 0.1) is 11.8 Å². The Kier molecular flexibility index (Phi) is 1.78. The highest BCUT2D eigenvalue weighted by Gasteiger charge is 1.99. The van der Waals surface area contributed by atoms with Crippen molar-refractivity contribution >= 4 is 11.2 Å². The van der Waals surface area contributed by atoms with E-state index in [0.717, 1.165) is 24.1 Å². The summed E-state index contributed by atoms with van der Waals surface area (Å²) in [6.07, 6.45) is 4.74. The van der Waals surface area contributed by atoms with E-state index < -0.39 is 0 Å². The average Bonchev–Trinajstić information content (AvgIpc) is 2.50. The zero-order valence-corrected chi connectivity index (χ0v) is 7.07. The van der Waals surface area contributed by atoms with Crippen LogP contribution in [0.15, 0.2) is 24.7 Å². The van der Waals surface area contributed by atoms with E-state index in [-0.39, 0.29) is 0 Å². The van der Waals surface area contributed by atoms with Gasteiger partial charge in [0.25, 0.3) is 0 Å². The molecular formula is C9H11N3. The summed E-state index contributed by atoms with van der Waals surface area (Å²) in [7, 11) is 0. The van der Waals surface area contributed by atoms with Crippen molar-refractivity contribution in [2.45, 2.75) is 19.9 Å².